The molecule has 0 aliphatic heterocycles. The summed E-state index contributed by atoms with van der Waals surface area (Å²) >= 11 is 0. The van der Waals surface area contributed by atoms with Gasteiger partial charge in [0.15, 0.2) is 5.96 Å². The van der Waals surface area contributed by atoms with Gasteiger partial charge in [-0.3, -0.25) is 4.79 Å². The quantitative estimate of drug-likeness (QED) is 0.330. The van der Waals surface area contributed by atoms with Crippen molar-refractivity contribution in [3.63, 3.8) is 0 Å². The van der Waals surface area contributed by atoms with Gasteiger partial charge in [-0.25, -0.2) is 4.99 Å². The van der Waals surface area contributed by atoms with Crippen molar-refractivity contribution >= 4 is 11.9 Å². The summed E-state index contributed by atoms with van der Waals surface area (Å²) in [4.78, 5) is 15.4. The van der Waals surface area contributed by atoms with Crippen LogP contribution in [0.15, 0.2) is 4.99 Å². The third-order valence-electron chi connectivity index (χ3n) is 1.66. The van der Waals surface area contributed by atoms with Crippen molar-refractivity contribution in [2.45, 2.75) is 20.3 Å². The van der Waals surface area contributed by atoms with Gasteiger partial charge in [-0.15, -0.1) is 6.42 Å². The summed E-state index contributed by atoms with van der Waals surface area (Å²) in [6.45, 7) is 5.87. The molecule has 5 nitrogen and oxygen atoms in total. The molecule has 0 saturated carbocycles. The van der Waals surface area contributed by atoms with Crippen LogP contribution in [0.3, 0.4) is 0 Å². The van der Waals surface area contributed by atoms with Crippen LogP contribution in [0.5, 0.6) is 0 Å². The lowest BCUT2D eigenvalue weighted by atomic mass is 10.4. The summed E-state index contributed by atoms with van der Waals surface area (Å²) < 4.78 is 0. The molecule has 0 unspecified atom stereocenters. The summed E-state index contributed by atoms with van der Waals surface area (Å²) in [6, 6.07) is 0. The molecule has 16 heavy (non-hydrogen) atoms. The molecule has 0 heterocycles. The molecular weight excluding hydrogens is 204 g/mol. The Balaban J connectivity index is 4.01. The van der Waals surface area contributed by atoms with E-state index < -0.39 is 0 Å². The van der Waals surface area contributed by atoms with Gasteiger partial charge in [0, 0.05) is 13.1 Å². The number of aliphatic imine (C=N–C) groups is 1. The molecule has 0 aliphatic rings. The van der Waals surface area contributed by atoms with E-state index in [1.54, 1.807) is 0 Å². The van der Waals surface area contributed by atoms with Crippen LogP contribution in [-0.4, -0.2) is 38.0 Å². The number of hydrogen-bond donors (Lipinski definition) is 3. The molecule has 0 aromatic heterocycles. The first kappa shape index (κ1) is 14.3. The average molecular weight is 224 g/mol. The molecule has 0 fully saturated rings. The number of carbonyl (C=O) groups excluding carboxylic acids is 1. The standard InChI is InChI=1S/C11H20N4O/c1-4-7-13-10(16)9-15-11(12-6-3)14-8-5-2/h2H,4,6-9H2,1,3H3,(H,13,16)(H2,12,14,15). The number of terminal acetylenes is 1. The van der Waals surface area contributed by atoms with Gasteiger partial charge in [0.1, 0.15) is 6.54 Å². The van der Waals surface area contributed by atoms with Crippen molar-refractivity contribution in [1.82, 2.24) is 16.0 Å². The Kier molecular flexibility index (Phi) is 8.79. The lowest BCUT2D eigenvalue weighted by molar-refractivity contribution is -0.119. The molecule has 0 saturated heterocycles. The molecule has 0 rings (SSSR count). The predicted octanol–water partition coefficient (Wildman–Crippen LogP) is -0.299. The first-order chi connectivity index (χ1) is 7.74. The third-order valence-corrected chi connectivity index (χ3v) is 1.66. The Labute approximate surface area is 97.1 Å². The molecule has 1 amide bonds. The molecule has 90 valence electrons. The minimum Gasteiger partial charge on any atom is -0.357 e. The number of guanidine groups is 1. The van der Waals surface area contributed by atoms with Gasteiger partial charge < -0.3 is 16.0 Å². The van der Waals surface area contributed by atoms with Gasteiger partial charge >= 0.3 is 0 Å². The highest BCUT2D eigenvalue weighted by atomic mass is 16.1. The van der Waals surface area contributed by atoms with Crippen molar-refractivity contribution in [2.24, 2.45) is 4.99 Å². The van der Waals surface area contributed by atoms with Crippen LogP contribution in [-0.2, 0) is 4.79 Å². The van der Waals surface area contributed by atoms with E-state index in [1.165, 1.54) is 0 Å². The van der Waals surface area contributed by atoms with Crippen LogP contribution < -0.4 is 16.0 Å². The summed E-state index contributed by atoms with van der Waals surface area (Å²) in [5.41, 5.74) is 0. The first-order valence-electron chi connectivity index (χ1n) is 5.46. The number of nitrogens with one attached hydrogen (secondary N) is 3. The average Bonchev–Trinajstić information content (AvgIpc) is 2.30. The zero-order chi connectivity index (χ0) is 12.2. The second-order valence-corrected chi connectivity index (χ2v) is 3.10. The molecule has 3 N–H and O–H groups in total. The topological polar surface area (TPSA) is 65.5 Å². The van der Waals surface area contributed by atoms with Crippen LogP contribution >= 0.6 is 0 Å². The number of rotatable bonds is 6. The number of amides is 1. The number of carbonyl (C=O) groups is 1. The molecule has 0 aromatic rings. The van der Waals surface area contributed by atoms with Gasteiger partial charge in [0.25, 0.3) is 0 Å². The molecule has 0 atom stereocenters. The maximum Gasteiger partial charge on any atom is 0.241 e. The van der Waals surface area contributed by atoms with Crippen molar-refractivity contribution in [1.29, 1.82) is 0 Å². The summed E-state index contributed by atoms with van der Waals surface area (Å²) in [7, 11) is 0. The Bertz CT molecular complexity index is 268. The smallest absolute Gasteiger partial charge is 0.241 e. The highest BCUT2D eigenvalue weighted by Crippen LogP contribution is 1.76. The molecular formula is C11H20N4O. The molecule has 0 spiro atoms. The molecule has 0 radical (unpaired) electrons. The second kappa shape index (κ2) is 9.84. The van der Waals surface area contributed by atoms with Crippen molar-refractivity contribution in [2.75, 3.05) is 26.2 Å². The van der Waals surface area contributed by atoms with Crippen molar-refractivity contribution < 1.29 is 4.79 Å². The van der Waals surface area contributed by atoms with E-state index >= 15 is 0 Å². The van der Waals surface area contributed by atoms with Gasteiger partial charge in [-0.05, 0) is 13.3 Å². The number of nitrogens with zero attached hydrogens (tertiary/aromatic N) is 1. The highest BCUT2D eigenvalue weighted by molar-refractivity contribution is 5.84. The first-order valence-corrected chi connectivity index (χ1v) is 5.46. The predicted molar refractivity (Wildman–Crippen MR) is 66.1 cm³/mol. The van der Waals surface area contributed by atoms with Crippen LogP contribution in [0.1, 0.15) is 20.3 Å². The van der Waals surface area contributed by atoms with E-state index in [2.05, 4.69) is 26.9 Å². The fraction of sp³-hybridized carbons (Fsp3) is 0.636. The van der Waals surface area contributed by atoms with E-state index in [0.717, 1.165) is 13.0 Å². The Morgan fingerprint density at radius 1 is 1.31 bits per heavy atom. The Morgan fingerprint density at radius 3 is 2.62 bits per heavy atom. The fourth-order valence-electron chi connectivity index (χ4n) is 0.948. The zero-order valence-corrected chi connectivity index (χ0v) is 9.97. The van der Waals surface area contributed by atoms with Crippen LogP contribution in [0.2, 0.25) is 0 Å². The van der Waals surface area contributed by atoms with Gasteiger partial charge in [-0.1, -0.05) is 12.8 Å². The maximum atomic E-state index is 11.3. The normalized spacial score (nSPS) is 10.4. The van der Waals surface area contributed by atoms with E-state index in [9.17, 15) is 4.79 Å². The monoisotopic (exact) mass is 224 g/mol. The van der Waals surface area contributed by atoms with Crippen molar-refractivity contribution in [3.8, 4) is 12.3 Å². The summed E-state index contributed by atoms with van der Waals surface area (Å²) in [6.07, 6.45) is 6.04. The second-order valence-electron chi connectivity index (χ2n) is 3.10. The Morgan fingerprint density at radius 2 is 2.06 bits per heavy atom. The Hall–Kier alpha value is -1.70. The largest absolute Gasteiger partial charge is 0.357 e. The van der Waals surface area contributed by atoms with Crippen LogP contribution in [0.25, 0.3) is 0 Å². The van der Waals surface area contributed by atoms with Gasteiger partial charge in [0.05, 0.1) is 6.54 Å². The zero-order valence-electron chi connectivity index (χ0n) is 9.97. The van der Waals surface area contributed by atoms with Gasteiger partial charge in [-0.2, -0.15) is 0 Å². The summed E-state index contributed by atoms with van der Waals surface area (Å²) in [5, 5.41) is 8.64. The van der Waals surface area contributed by atoms with Crippen molar-refractivity contribution in [3.05, 3.63) is 0 Å². The molecule has 5 heteroatoms. The lowest BCUT2D eigenvalue weighted by Crippen LogP contribution is -2.38. The lowest BCUT2D eigenvalue weighted by Gasteiger charge is -2.08. The molecule has 0 aliphatic carbocycles. The fourth-order valence-corrected chi connectivity index (χ4v) is 0.948. The minimum atomic E-state index is -0.0836. The van der Waals surface area contributed by atoms with E-state index in [-0.39, 0.29) is 12.5 Å². The van der Waals surface area contributed by atoms with E-state index in [0.29, 0.717) is 19.0 Å². The highest BCUT2D eigenvalue weighted by Gasteiger charge is 1.99. The van der Waals surface area contributed by atoms with Crippen LogP contribution in [0.4, 0.5) is 0 Å². The SMILES string of the molecule is C#CCNC(=NCC(=O)NCCC)NCC. The van der Waals surface area contributed by atoms with Crippen LogP contribution in [0, 0.1) is 12.3 Å². The maximum absolute atomic E-state index is 11.3. The molecule has 0 bridgehead atoms. The summed E-state index contributed by atoms with van der Waals surface area (Å²) in [5.74, 6) is 2.92. The van der Waals surface area contributed by atoms with Gasteiger partial charge in [0.2, 0.25) is 5.91 Å². The van der Waals surface area contributed by atoms with E-state index in [1.807, 2.05) is 13.8 Å². The minimum absolute atomic E-state index is 0.0836. The molecule has 0 aromatic carbocycles. The van der Waals surface area contributed by atoms with E-state index in [4.69, 9.17) is 6.42 Å². The third kappa shape index (κ3) is 7.68. The number of hydrogen-bond acceptors (Lipinski definition) is 2.